The standard InChI is InChI=1S/C10H16N4O/c1-3-14(2)10(15)8-12-7-9-6-11-4-5-13-9/h4-6,12H,3,7-8H2,1-2H3. The first-order valence-corrected chi connectivity index (χ1v) is 4.93. The van der Waals surface area contributed by atoms with Gasteiger partial charge in [-0.15, -0.1) is 0 Å². The van der Waals surface area contributed by atoms with Crippen molar-refractivity contribution in [1.82, 2.24) is 20.2 Å². The third-order valence-corrected chi connectivity index (χ3v) is 2.10. The van der Waals surface area contributed by atoms with Gasteiger partial charge in [0.25, 0.3) is 0 Å². The molecule has 5 nitrogen and oxygen atoms in total. The lowest BCUT2D eigenvalue weighted by Gasteiger charge is -2.14. The van der Waals surface area contributed by atoms with E-state index >= 15 is 0 Å². The molecule has 0 aliphatic heterocycles. The lowest BCUT2D eigenvalue weighted by molar-refractivity contribution is -0.128. The van der Waals surface area contributed by atoms with Crippen LogP contribution < -0.4 is 5.32 Å². The molecule has 0 saturated carbocycles. The summed E-state index contributed by atoms with van der Waals surface area (Å²) in [6.45, 7) is 3.57. The SMILES string of the molecule is CCN(C)C(=O)CNCc1cnccn1. The number of carbonyl (C=O) groups excluding carboxylic acids is 1. The van der Waals surface area contributed by atoms with Gasteiger partial charge in [0.15, 0.2) is 0 Å². The van der Waals surface area contributed by atoms with E-state index in [1.54, 1.807) is 30.5 Å². The normalized spacial score (nSPS) is 10.0. The summed E-state index contributed by atoms with van der Waals surface area (Å²) < 4.78 is 0. The predicted molar refractivity (Wildman–Crippen MR) is 57.0 cm³/mol. The summed E-state index contributed by atoms with van der Waals surface area (Å²) in [5.74, 6) is 0.0846. The van der Waals surface area contributed by atoms with Crippen LogP contribution >= 0.6 is 0 Å². The zero-order chi connectivity index (χ0) is 11.1. The molecule has 1 rings (SSSR count). The van der Waals surface area contributed by atoms with Crippen molar-refractivity contribution < 1.29 is 4.79 Å². The molecule has 0 aromatic carbocycles. The van der Waals surface area contributed by atoms with Crippen LogP contribution in [0, 0.1) is 0 Å². The van der Waals surface area contributed by atoms with E-state index in [1.807, 2.05) is 6.92 Å². The Hall–Kier alpha value is -1.49. The van der Waals surface area contributed by atoms with Gasteiger partial charge in [-0.3, -0.25) is 14.8 Å². The average molecular weight is 208 g/mol. The number of amides is 1. The molecule has 0 fully saturated rings. The first-order valence-electron chi connectivity index (χ1n) is 4.93. The van der Waals surface area contributed by atoms with E-state index in [1.165, 1.54) is 0 Å². The van der Waals surface area contributed by atoms with Crippen LogP contribution in [-0.2, 0) is 11.3 Å². The Labute approximate surface area is 89.5 Å². The molecule has 15 heavy (non-hydrogen) atoms. The van der Waals surface area contributed by atoms with Gasteiger partial charge < -0.3 is 10.2 Å². The van der Waals surface area contributed by atoms with Crippen molar-refractivity contribution in [3.8, 4) is 0 Å². The van der Waals surface area contributed by atoms with E-state index in [2.05, 4.69) is 15.3 Å². The van der Waals surface area contributed by atoms with Gasteiger partial charge in [0.1, 0.15) is 0 Å². The molecule has 0 aliphatic carbocycles. The highest BCUT2D eigenvalue weighted by molar-refractivity contribution is 5.77. The highest BCUT2D eigenvalue weighted by Crippen LogP contribution is 1.89. The molecule has 1 amide bonds. The number of carbonyl (C=O) groups is 1. The third-order valence-electron chi connectivity index (χ3n) is 2.10. The van der Waals surface area contributed by atoms with Crippen molar-refractivity contribution >= 4 is 5.91 Å². The number of hydrogen-bond donors (Lipinski definition) is 1. The first-order chi connectivity index (χ1) is 7.24. The monoisotopic (exact) mass is 208 g/mol. The van der Waals surface area contributed by atoms with Gasteiger partial charge in [0.05, 0.1) is 12.2 Å². The Morgan fingerprint density at radius 3 is 2.93 bits per heavy atom. The molecule has 0 atom stereocenters. The fourth-order valence-electron chi connectivity index (χ4n) is 1.03. The Morgan fingerprint density at radius 1 is 1.53 bits per heavy atom. The summed E-state index contributed by atoms with van der Waals surface area (Å²) in [5.41, 5.74) is 0.837. The van der Waals surface area contributed by atoms with Crippen LogP contribution in [0.5, 0.6) is 0 Å². The van der Waals surface area contributed by atoms with E-state index < -0.39 is 0 Å². The van der Waals surface area contributed by atoms with E-state index in [0.29, 0.717) is 13.1 Å². The zero-order valence-corrected chi connectivity index (χ0v) is 9.10. The van der Waals surface area contributed by atoms with Crippen molar-refractivity contribution in [1.29, 1.82) is 0 Å². The Balaban J connectivity index is 2.25. The molecule has 0 unspecified atom stereocenters. The summed E-state index contributed by atoms with van der Waals surface area (Å²) in [4.78, 5) is 21.1. The molecule has 0 saturated heterocycles. The quantitative estimate of drug-likeness (QED) is 0.742. The molecule has 0 radical (unpaired) electrons. The minimum Gasteiger partial charge on any atom is -0.345 e. The van der Waals surface area contributed by atoms with Gasteiger partial charge in [-0.2, -0.15) is 0 Å². The molecule has 5 heteroatoms. The van der Waals surface area contributed by atoms with Gasteiger partial charge >= 0.3 is 0 Å². The third kappa shape index (κ3) is 4.03. The molecular weight excluding hydrogens is 192 g/mol. The maximum absolute atomic E-state index is 11.4. The zero-order valence-electron chi connectivity index (χ0n) is 9.10. The van der Waals surface area contributed by atoms with Crippen molar-refractivity contribution in [3.05, 3.63) is 24.3 Å². The van der Waals surface area contributed by atoms with Gasteiger partial charge in [0, 0.05) is 38.7 Å². The average Bonchev–Trinajstić information content (AvgIpc) is 2.29. The Bertz CT molecular complexity index is 302. The summed E-state index contributed by atoms with van der Waals surface area (Å²) in [6.07, 6.45) is 4.94. The van der Waals surface area contributed by atoms with Gasteiger partial charge in [-0.05, 0) is 6.92 Å². The number of aromatic nitrogens is 2. The summed E-state index contributed by atoms with van der Waals surface area (Å²) >= 11 is 0. The largest absolute Gasteiger partial charge is 0.345 e. The number of likely N-dealkylation sites (N-methyl/N-ethyl adjacent to an activating group) is 1. The maximum atomic E-state index is 11.4. The molecule has 82 valence electrons. The van der Waals surface area contributed by atoms with Crippen LogP contribution in [0.4, 0.5) is 0 Å². The molecule has 0 bridgehead atoms. The minimum atomic E-state index is 0.0846. The van der Waals surface area contributed by atoms with Crippen molar-refractivity contribution in [2.45, 2.75) is 13.5 Å². The Kier molecular flexibility index (Phi) is 4.70. The second-order valence-corrected chi connectivity index (χ2v) is 3.21. The van der Waals surface area contributed by atoms with Gasteiger partial charge in [-0.1, -0.05) is 0 Å². The predicted octanol–water partition coefficient (Wildman–Crippen LogP) is 0.0445. The van der Waals surface area contributed by atoms with E-state index in [4.69, 9.17) is 0 Å². The van der Waals surface area contributed by atoms with Crippen LogP contribution in [-0.4, -0.2) is 40.9 Å². The summed E-state index contributed by atoms with van der Waals surface area (Å²) in [6, 6.07) is 0. The lowest BCUT2D eigenvalue weighted by Crippen LogP contribution is -2.35. The van der Waals surface area contributed by atoms with Crippen LogP contribution in [0.2, 0.25) is 0 Å². The molecule has 1 heterocycles. The smallest absolute Gasteiger partial charge is 0.236 e. The number of rotatable bonds is 5. The second kappa shape index (κ2) is 6.08. The maximum Gasteiger partial charge on any atom is 0.236 e. The highest BCUT2D eigenvalue weighted by Gasteiger charge is 2.05. The van der Waals surface area contributed by atoms with Gasteiger partial charge in [-0.25, -0.2) is 0 Å². The number of nitrogens with one attached hydrogen (secondary N) is 1. The summed E-state index contributed by atoms with van der Waals surface area (Å²) in [7, 11) is 1.78. The van der Waals surface area contributed by atoms with Crippen molar-refractivity contribution in [3.63, 3.8) is 0 Å². The highest BCUT2D eigenvalue weighted by atomic mass is 16.2. The molecule has 1 aromatic rings. The number of hydrogen-bond acceptors (Lipinski definition) is 4. The fourth-order valence-corrected chi connectivity index (χ4v) is 1.03. The Morgan fingerprint density at radius 2 is 2.33 bits per heavy atom. The molecule has 0 spiro atoms. The fraction of sp³-hybridized carbons (Fsp3) is 0.500. The second-order valence-electron chi connectivity index (χ2n) is 3.21. The van der Waals surface area contributed by atoms with Crippen LogP contribution in [0.25, 0.3) is 0 Å². The van der Waals surface area contributed by atoms with Crippen molar-refractivity contribution in [2.24, 2.45) is 0 Å². The van der Waals surface area contributed by atoms with Crippen molar-refractivity contribution in [2.75, 3.05) is 20.1 Å². The van der Waals surface area contributed by atoms with E-state index in [9.17, 15) is 4.79 Å². The molecular formula is C10H16N4O. The molecule has 0 aliphatic rings. The molecule has 1 N–H and O–H groups in total. The topological polar surface area (TPSA) is 58.1 Å². The van der Waals surface area contributed by atoms with Crippen LogP contribution in [0.3, 0.4) is 0 Å². The lowest BCUT2D eigenvalue weighted by atomic mass is 10.4. The first kappa shape index (κ1) is 11.6. The van der Waals surface area contributed by atoms with Gasteiger partial charge in [0.2, 0.25) is 5.91 Å². The van der Waals surface area contributed by atoms with E-state index in [-0.39, 0.29) is 5.91 Å². The number of nitrogens with zero attached hydrogens (tertiary/aromatic N) is 3. The van der Waals surface area contributed by atoms with E-state index in [0.717, 1.165) is 12.2 Å². The summed E-state index contributed by atoms with van der Waals surface area (Å²) in [5, 5.41) is 3.02. The van der Waals surface area contributed by atoms with Crippen LogP contribution in [0.1, 0.15) is 12.6 Å². The molecule has 1 aromatic heterocycles. The minimum absolute atomic E-state index is 0.0846. The van der Waals surface area contributed by atoms with Crippen LogP contribution in [0.15, 0.2) is 18.6 Å².